The second-order valence-corrected chi connectivity index (χ2v) is 5.60. The third kappa shape index (κ3) is 3.90. The van der Waals surface area contributed by atoms with E-state index in [1.165, 1.54) is 18.2 Å². The number of hydrogen-bond donors (Lipinski definition) is 3. The first kappa shape index (κ1) is 16.4. The van der Waals surface area contributed by atoms with Crippen molar-refractivity contribution in [3.8, 4) is 22.6 Å². The van der Waals surface area contributed by atoms with Crippen molar-refractivity contribution in [3.05, 3.63) is 77.9 Å². The molecule has 0 saturated carbocycles. The third-order valence-corrected chi connectivity index (χ3v) is 3.78. The Hall–Kier alpha value is -3.47. The quantitative estimate of drug-likeness (QED) is 0.615. The zero-order valence-corrected chi connectivity index (χ0v) is 13.3. The highest BCUT2D eigenvalue weighted by Crippen LogP contribution is 2.25. The summed E-state index contributed by atoms with van der Waals surface area (Å²) in [4.78, 5) is 10.9. The molecule has 0 aliphatic rings. The van der Waals surface area contributed by atoms with Crippen LogP contribution in [0, 0.1) is 0 Å². The molecule has 25 heavy (non-hydrogen) atoms. The molecule has 0 unspecified atom stereocenters. The largest absolute Gasteiger partial charge is 0.507 e. The van der Waals surface area contributed by atoms with Crippen LogP contribution in [0.1, 0.15) is 15.9 Å². The molecular weight excluding hydrogens is 318 g/mol. The molecule has 0 radical (unpaired) electrons. The Labute approximate surface area is 144 Å². The smallest absolute Gasteiger partial charge is 0.339 e. The maximum Gasteiger partial charge on any atom is 0.339 e. The molecule has 3 aromatic rings. The number of carboxylic acids is 1. The van der Waals surface area contributed by atoms with E-state index < -0.39 is 5.97 Å². The van der Waals surface area contributed by atoms with E-state index in [0.29, 0.717) is 12.4 Å². The predicted octanol–water partition coefficient (Wildman–Crippen LogP) is 3.92. The minimum absolute atomic E-state index is 0.154. The Morgan fingerprint density at radius 3 is 2.36 bits per heavy atom. The van der Waals surface area contributed by atoms with Gasteiger partial charge in [0.15, 0.2) is 0 Å². The zero-order valence-electron chi connectivity index (χ0n) is 13.3. The molecule has 0 heterocycles. The number of carboxylic acid groups (broad SMARTS) is 1. The van der Waals surface area contributed by atoms with Crippen LogP contribution in [0.5, 0.6) is 11.5 Å². The van der Waals surface area contributed by atoms with Crippen LogP contribution in [0.25, 0.3) is 11.1 Å². The van der Waals surface area contributed by atoms with Crippen molar-refractivity contribution in [2.75, 3.05) is 5.73 Å². The normalized spacial score (nSPS) is 10.4. The van der Waals surface area contributed by atoms with Crippen molar-refractivity contribution in [1.29, 1.82) is 0 Å². The van der Waals surface area contributed by atoms with Gasteiger partial charge in [-0.25, -0.2) is 4.79 Å². The molecule has 0 amide bonds. The van der Waals surface area contributed by atoms with Gasteiger partial charge in [0.1, 0.15) is 23.7 Å². The van der Waals surface area contributed by atoms with Gasteiger partial charge >= 0.3 is 5.97 Å². The van der Waals surface area contributed by atoms with E-state index in [-0.39, 0.29) is 11.3 Å². The fourth-order valence-electron chi connectivity index (χ4n) is 2.46. The minimum atomic E-state index is -1.18. The highest BCUT2D eigenvalue weighted by atomic mass is 16.5. The van der Waals surface area contributed by atoms with Crippen LogP contribution in [0.4, 0.5) is 5.69 Å². The molecule has 3 rings (SSSR count). The molecule has 0 saturated heterocycles. The van der Waals surface area contributed by atoms with Crippen molar-refractivity contribution in [2.24, 2.45) is 0 Å². The maximum absolute atomic E-state index is 10.9. The van der Waals surface area contributed by atoms with E-state index in [2.05, 4.69) is 0 Å². The van der Waals surface area contributed by atoms with Gasteiger partial charge in [-0.05, 0) is 41.0 Å². The molecule has 0 aliphatic carbocycles. The van der Waals surface area contributed by atoms with E-state index in [0.717, 1.165) is 22.4 Å². The monoisotopic (exact) mass is 335 g/mol. The number of hydrogen-bond acceptors (Lipinski definition) is 4. The standard InChI is InChI=1S/C20H17NO4/c21-16-3-1-2-15(10-16)14-6-4-13(5-7-14)12-25-17-8-9-18(20(23)24)19(22)11-17/h1-11,22H,12,21H2,(H,23,24). The van der Waals surface area contributed by atoms with Crippen molar-refractivity contribution in [1.82, 2.24) is 0 Å². The lowest BCUT2D eigenvalue weighted by molar-refractivity contribution is 0.0693. The van der Waals surface area contributed by atoms with Gasteiger partial charge in [0.25, 0.3) is 0 Å². The Morgan fingerprint density at radius 2 is 1.72 bits per heavy atom. The van der Waals surface area contributed by atoms with E-state index >= 15 is 0 Å². The van der Waals surface area contributed by atoms with Crippen LogP contribution in [0.3, 0.4) is 0 Å². The number of benzene rings is 3. The van der Waals surface area contributed by atoms with Crippen LogP contribution in [0.15, 0.2) is 66.7 Å². The number of nitrogens with two attached hydrogens (primary N) is 1. The summed E-state index contributed by atoms with van der Waals surface area (Å²) >= 11 is 0. The van der Waals surface area contributed by atoms with Gasteiger partial charge in [-0.3, -0.25) is 0 Å². The molecule has 5 heteroatoms. The van der Waals surface area contributed by atoms with Gasteiger partial charge in [0, 0.05) is 11.8 Å². The molecule has 126 valence electrons. The number of rotatable bonds is 5. The average Bonchev–Trinajstić information content (AvgIpc) is 2.60. The van der Waals surface area contributed by atoms with Crippen LogP contribution in [0.2, 0.25) is 0 Å². The SMILES string of the molecule is Nc1cccc(-c2ccc(COc3ccc(C(=O)O)c(O)c3)cc2)c1. The molecule has 0 fully saturated rings. The molecule has 3 aromatic carbocycles. The average molecular weight is 335 g/mol. The lowest BCUT2D eigenvalue weighted by atomic mass is 10.0. The first-order valence-corrected chi connectivity index (χ1v) is 7.67. The second kappa shape index (κ2) is 6.97. The highest BCUT2D eigenvalue weighted by molar-refractivity contribution is 5.90. The maximum atomic E-state index is 10.9. The van der Waals surface area contributed by atoms with Gasteiger partial charge in [0.2, 0.25) is 0 Å². The summed E-state index contributed by atoms with van der Waals surface area (Å²) in [6, 6.07) is 19.7. The summed E-state index contributed by atoms with van der Waals surface area (Å²) in [6.07, 6.45) is 0. The Bertz CT molecular complexity index is 904. The van der Waals surface area contributed by atoms with Crippen molar-refractivity contribution in [3.63, 3.8) is 0 Å². The van der Waals surface area contributed by atoms with E-state index in [4.69, 9.17) is 15.6 Å². The van der Waals surface area contributed by atoms with E-state index in [9.17, 15) is 9.90 Å². The number of phenols is 1. The number of anilines is 1. The minimum Gasteiger partial charge on any atom is -0.507 e. The van der Waals surface area contributed by atoms with Gasteiger partial charge in [0.05, 0.1) is 0 Å². The molecular formula is C20H17NO4. The summed E-state index contributed by atoms with van der Waals surface area (Å²) in [5, 5.41) is 18.6. The lowest BCUT2D eigenvalue weighted by Gasteiger charge is -2.09. The Balaban J connectivity index is 1.68. The fourth-order valence-corrected chi connectivity index (χ4v) is 2.46. The highest BCUT2D eigenvalue weighted by Gasteiger charge is 2.10. The number of nitrogen functional groups attached to an aromatic ring is 1. The lowest BCUT2D eigenvalue weighted by Crippen LogP contribution is -1.99. The molecule has 0 bridgehead atoms. The van der Waals surface area contributed by atoms with Crippen LogP contribution >= 0.6 is 0 Å². The fraction of sp³-hybridized carbons (Fsp3) is 0.0500. The van der Waals surface area contributed by atoms with Crippen LogP contribution in [-0.4, -0.2) is 16.2 Å². The molecule has 0 aliphatic heterocycles. The third-order valence-electron chi connectivity index (χ3n) is 3.78. The topological polar surface area (TPSA) is 92.8 Å². The molecule has 0 spiro atoms. The van der Waals surface area contributed by atoms with Gasteiger partial charge < -0.3 is 20.7 Å². The van der Waals surface area contributed by atoms with Gasteiger partial charge in [-0.15, -0.1) is 0 Å². The summed E-state index contributed by atoms with van der Waals surface area (Å²) in [5.74, 6) is -1.09. The first-order valence-electron chi connectivity index (χ1n) is 7.67. The summed E-state index contributed by atoms with van der Waals surface area (Å²) in [6.45, 7) is 0.309. The van der Waals surface area contributed by atoms with Crippen molar-refractivity contribution < 1.29 is 19.7 Å². The van der Waals surface area contributed by atoms with Gasteiger partial charge in [-0.2, -0.15) is 0 Å². The number of carbonyl (C=O) groups is 1. The summed E-state index contributed by atoms with van der Waals surface area (Å²) in [7, 11) is 0. The second-order valence-electron chi connectivity index (χ2n) is 5.60. The van der Waals surface area contributed by atoms with Crippen molar-refractivity contribution in [2.45, 2.75) is 6.61 Å². The van der Waals surface area contributed by atoms with Crippen molar-refractivity contribution >= 4 is 11.7 Å². The zero-order chi connectivity index (χ0) is 17.8. The molecule has 0 atom stereocenters. The van der Waals surface area contributed by atoms with E-state index in [1.807, 2.05) is 48.5 Å². The number of aromatic hydroxyl groups is 1. The summed E-state index contributed by atoms with van der Waals surface area (Å²) in [5.41, 5.74) is 9.42. The Morgan fingerprint density at radius 1 is 0.960 bits per heavy atom. The predicted molar refractivity (Wildman–Crippen MR) is 95.7 cm³/mol. The number of ether oxygens (including phenoxy) is 1. The number of aromatic carboxylic acids is 1. The van der Waals surface area contributed by atoms with Crippen LogP contribution < -0.4 is 10.5 Å². The molecule has 5 nitrogen and oxygen atoms in total. The first-order chi connectivity index (χ1) is 12.0. The Kier molecular flexibility index (Phi) is 4.57. The summed E-state index contributed by atoms with van der Waals surface area (Å²) < 4.78 is 5.60. The van der Waals surface area contributed by atoms with Crippen LogP contribution in [-0.2, 0) is 6.61 Å². The molecule has 0 aromatic heterocycles. The van der Waals surface area contributed by atoms with E-state index in [1.54, 1.807) is 0 Å². The molecule has 4 N–H and O–H groups in total. The van der Waals surface area contributed by atoms with Gasteiger partial charge in [-0.1, -0.05) is 36.4 Å².